The first-order valence-electron chi connectivity index (χ1n) is 5.84. The largest absolute Gasteiger partial charge is 0.368 e. The van der Waals surface area contributed by atoms with E-state index in [2.05, 4.69) is 20.4 Å². The van der Waals surface area contributed by atoms with E-state index >= 15 is 0 Å². The lowest BCUT2D eigenvalue weighted by Gasteiger charge is -2.06. The number of rotatable bonds is 4. The predicted octanol–water partition coefficient (Wildman–Crippen LogP) is 1.78. The van der Waals surface area contributed by atoms with Gasteiger partial charge in [0.05, 0.1) is 6.20 Å². The Bertz CT molecular complexity index is 632. The van der Waals surface area contributed by atoms with E-state index in [0.29, 0.717) is 0 Å². The van der Waals surface area contributed by atoms with Gasteiger partial charge < -0.3 is 5.32 Å². The molecule has 0 unspecified atom stereocenters. The maximum absolute atomic E-state index is 4.33. The van der Waals surface area contributed by atoms with Crippen LogP contribution < -0.4 is 5.32 Å². The van der Waals surface area contributed by atoms with Gasteiger partial charge in [-0.1, -0.05) is 0 Å². The molecule has 0 aliphatic heterocycles. The molecule has 3 heterocycles. The molecule has 0 radical (unpaired) electrons. The standard InChI is InChI=1S/C13H13N5/c1-5-14-6-2-11(1)3-7-15-13-12-4-8-17-18(12)10-9-16-13/h1-2,4-6,8-10H,3,7H2,(H,15,16). The summed E-state index contributed by atoms with van der Waals surface area (Å²) in [5, 5.41) is 7.50. The zero-order valence-electron chi connectivity index (χ0n) is 9.82. The molecule has 0 saturated carbocycles. The van der Waals surface area contributed by atoms with Crippen LogP contribution in [0.5, 0.6) is 0 Å². The third-order valence-electron chi connectivity index (χ3n) is 2.78. The number of anilines is 1. The fourth-order valence-corrected chi connectivity index (χ4v) is 1.87. The quantitative estimate of drug-likeness (QED) is 0.754. The summed E-state index contributed by atoms with van der Waals surface area (Å²) in [4.78, 5) is 8.33. The molecular weight excluding hydrogens is 226 g/mol. The smallest absolute Gasteiger partial charge is 0.152 e. The number of aromatic nitrogens is 4. The van der Waals surface area contributed by atoms with Crippen molar-refractivity contribution in [2.24, 2.45) is 0 Å². The van der Waals surface area contributed by atoms with Crippen LogP contribution in [0.4, 0.5) is 5.82 Å². The second-order valence-corrected chi connectivity index (χ2v) is 3.97. The van der Waals surface area contributed by atoms with Crippen molar-refractivity contribution >= 4 is 11.3 Å². The maximum Gasteiger partial charge on any atom is 0.152 e. The van der Waals surface area contributed by atoms with Gasteiger partial charge in [0, 0.05) is 31.3 Å². The number of hydrogen-bond acceptors (Lipinski definition) is 4. The molecule has 0 aliphatic rings. The zero-order chi connectivity index (χ0) is 12.2. The summed E-state index contributed by atoms with van der Waals surface area (Å²) in [6.45, 7) is 0.835. The Morgan fingerprint density at radius 2 is 1.94 bits per heavy atom. The first-order valence-corrected chi connectivity index (χ1v) is 5.84. The first kappa shape index (κ1) is 10.7. The van der Waals surface area contributed by atoms with Gasteiger partial charge in [0.1, 0.15) is 5.52 Å². The van der Waals surface area contributed by atoms with Crippen LogP contribution in [-0.4, -0.2) is 26.1 Å². The van der Waals surface area contributed by atoms with Crippen molar-refractivity contribution in [2.45, 2.75) is 6.42 Å². The molecule has 0 aromatic carbocycles. The van der Waals surface area contributed by atoms with E-state index < -0.39 is 0 Å². The molecule has 5 heteroatoms. The number of nitrogens with zero attached hydrogens (tertiary/aromatic N) is 4. The number of hydrogen-bond donors (Lipinski definition) is 1. The highest BCUT2D eigenvalue weighted by atomic mass is 15.2. The zero-order valence-corrected chi connectivity index (χ0v) is 9.82. The fraction of sp³-hybridized carbons (Fsp3) is 0.154. The normalized spacial score (nSPS) is 10.7. The van der Waals surface area contributed by atoms with Crippen LogP contribution in [0.3, 0.4) is 0 Å². The van der Waals surface area contributed by atoms with Crippen molar-refractivity contribution in [3.63, 3.8) is 0 Å². The molecule has 0 aliphatic carbocycles. The summed E-state index contributed by atoms with van der Waals surface area (Å²) in [5.74, 6) is 0.865. The van der Waals surface area contributed by atoms with Crippen LogP contribution >= 0.6 is 0 Å². The lowest BCUT2D eigenvalue weighted by molar-refractivity contribution is 0.936. The van der Waals surface area contributed by atoms with E-state index in [0.717, 1.165) is 24.3 Å². The van der Waals surface area contributed by atoms with Gasteiger partial charge in [-0.2, -0.15) is 5.10 Å². The van der Waals surface area contributed by atoms with Crippen molar-refractivity contribution in [1.29, 1.82) is 0 Å². The second-order valence-electron chi connectivity index (χ2n) is 3.97. The van der Waals surface area contributed by atoms with Crippen molar-refractivity contribution in [1.82, 2.24) is 19.6 Å². The lowest BCUT2D eigenvalue weighted by Crippen LogP contribution is -2.07. The lowest BCUT2D eigenvalue weighted by atomic mass is 10.2. The van der Waals surface area contributed by atoms with Gasteiger partial charge in [-0.3, -0.25) is 4.98 Å². The molecule has 0 amide bonds. The van der Waals surface area contributed by atoms with Crippen molar-refractivity contribution < 1.29 is 0 Å². The van der Waals surface area contributed by atoms with Crippen LogP contribution in [0.1, 0.15) is 5.56 Å². The number of fused-ring (bicyclic) bond motifs is 1. The maximum atomic E-state index is 4.33. The topological polar surface area (TPSA) is 55.1 Å². The highest BCUT2D eigenvalue weighted by Crippen LogP contribution is 2.12. The SMILES string of the molecule is c1cc(CCNc2nccn3nccc23)ccn1. The van der Waals surface area contributed by atoms with Gasteiger partial charge in [-0.15, -0.1) is 0 Å². The van der Waals surface area contributed by atoms with Crippen LogP contribution in [0.2, 0.25) is 0 Å². The molecule has 1 N–H and O–H groups in total. The Labute approximate surface area is 105 Å². The minimum Gasteiger partial charge on any atom is -0.368 e. The average Bonchev–Trinajstić information content (AvgIpc) is 2.89. The molecular formula is C13H13N5. The van der Waals surface area contributed by atoms with Gasteiger partial charge in [-0.25, -0.2) is 9.50 Å². The van der Waals surface area contributed by atoms with Crippen LogP contribution in [0.25, 0.3) is 5.52 Å². The highest BCUT2D eigenvalue weighted by Gasteiger charge is 2.01. The number of pyridine rings is 1. The van der Waals surface area contributed by atoms with Crippen molar-refractivity contribution in [3.05, 3.63) is 54.7 Å². The van der Waals surface area contributed by atoms with Crippen LogP contribution in [0, 0.1) is 0 Å². The summed E-state index contributed by atoms with van der Waals surface area (Å²) in [6.07, 6.45) is 9.92. The van der Waals surface area contributed by atoms with Gasteiger partial charge in [0.15, 0.2) is 5.82 Å². The summed E-state index contributed by atoms with van der Waals surface area (Å²) in [5.41, 5.74) is 2.25. The molecule has 3 aromatic rings. The highest BCUT2D eigenvalue weighted by molar-refractivity contribution is 5.66. The fourth-order valence-electron chi connectivity index (χ4n) is 1.87. The van der Waals surface area contributed by atoms with E-state index in [4.69, 9.17) is 0 Å². The van der Waals surface area contributed by atoms with Crippen molar-refractivity contribution in [2.75, 3.05) is 11.9 Å². The molecule has 5 nitrogen and oxygen atoms in total. The van der Waals surface area contributed by atoms with Crippen LogP contribution in [-0.2, 0) is 6.42 Å². The van der Waals surface area contributed by atoms with Gasteiger partial charge >= 0.3 is 0 Å². The van der Waals surface area contributed by atoms with E-state index in [1.165, 1.54) is 5.56 Å². The van der Waals surface area contributed by atoms with Gasteiger partial charge in [0.2, 0.25) is 0 Å². The summed E-state index contributed by atoms with van der Waals surface area (Å²) in [7, 11) is 0. The first-order chi connectivity index (χ1) is 8.93. The molecule has 0 spiro atoms. The van der Waals surface area contributed by atoms with E-state index in [9.17, 15) is 0 Å². The molecule has 18 heavy (non-hydrogen) atoms. The van der Waals surface area contributed by atoms with E-state index in [-0.39, 0.29) is 0 Å². The minimum atomic E-state index is 0.835. The Balaban J connectivity index is 1.68. The number of nitrogens with one attached hydrogen (secondary N) is 1. The monoisotopic (exact) mass is 239 g/mol. The summed E-state index contributed by atoms with van der Waals surface area (Å²) in [6, 6.07) is 5.99. The Kier molecular flexibility index (Phi) is 2.87. The molecule has 0 bridgehead atoms. The third-order valence-corrected chi connectivity index (χ3v) is 2.78. The summed E-state index contributed by atoms with van der Waals surface area (Å²) < 4.78 is 1.81. The Morgan fingerprint density at radius 1 is 1.06 bits per heavy atom. The predicted molar refractivity (Wildman–Crippen MR) is 69.4 cm³/mol. The average molecular weight is 239 g/mol. The van der Waals surface area contributed by atoms with E-state index in [1.54, 1.807) is 12.4 Å². The van der Waals surface area contributed by atoms with Crippen molar-refractivity contribution in [3.8, 4) is 0 Å². The van der Waals surface area contributed by atoms with Gasteiger partial charge in [0.25, 0.3) is 0 Å². The Morgan fingerprint density at radius 3 is 2.83 bits per heavy atom. The molecule has 3 rings (SSSR count). The van der Waals surface area contributed by atoms with E-state index in [1.807, 2.05) is 41.3 Å². The minimum absolute atomic E-state index is 0.835. The van der Waals surface area contributed by atoms with Gasteiger partial charge in [-0.05, 0) is 30.2 Å². The molecule has 0 fully saturated rings. The summed E-state index contributed by atoms with van der Waals surface area (Å²) >= 11 is 0. The molecule has 0 atom stereocenters. The Hall–Kier alpha value is -2.43. The van der Waals surface area contributed by atoms with Crippen LogP contribution in [0.15, 0.2) is 49.2 Å². The molecule has 90 valence electrons. The molecule has 3 aromatic heterocycles. The molecule has 0 saturated heterocycles. The second kappa shape index (κ2) is 4.83. The third kappa shape index (κ3) is 2.15.